The third-order valence-electron chi connectivity index (χ3n) is 2.14. The lowest BCUT2D eigenvalue weighted by Gasteiger charge is -2.05. The van der Waals surface area contributed by atoms with Gasteiger partial charge in [-0.3, -0.25) is 10.1 Å². The number of hydrogen-bond donors (Lipinski definition) is 1. The van der Waals surface area contributed by atoms with Gasteiger partial charge in [-0.1, -0.05) is 28.4 Å². The summed E-state index contributed by atoms with van der Waals surface area (Å²) in [6.45, 7) is -0.276. The molecule has 0 aliphatic heterocycles. The van der Waals surface area contributed by atoms with Gasteiger partial charge in [-0.05, 0) is 0 Å². The number of aromatic nitrogens is 3. The summed E-state index contributed by atoms with van der Waals surface area (Å²) in [5.74, 6) is 0. The Kier molecular flexibility index (Phi) is 3.46. The molecule has 0 radical (unpaired) electrons. The number of rotatable bonds is 3. The fourth-order valence-electron chi connectivity index (χ4n) is 1.36. The Morgan fingerprint density at radius 3 is 2.44 bits per heavy atom. The minimum absolute atomic E-state index is 0.0728. The molecule has 1 aromatic carbocycles. The summed E-state index contributed by atoms with van der Waals surface area (Å²) in [7, 11) is 0. The second kappa shape index (κ2) is 4.89. The molecule has 0 saturated heterocycles. The Hall–Kier alpha value is -1.70. The smallest absolute Gasteiger partial charge is 0.272 e. The third kappa shape index (κ3) is 2.28. The Bertz CT molecular complexity index is 591. The third-order valence-corrected chi connectivity index (χ3v) is 2.72. The number of nitrogens with zero attached hydrogens (tertiary/aromatic N) is 4. The lowest BCUT2D eigenvalue weighted by molar-refractivity contribution is -0.384. The quantitative estimate of drug-likeness (QED) is 0.688. The van der Waals surface area contributed by atoms with E-state index in [1.54, 1.807) is 0 Å². The number of nitro groups is 1. The summed E-state index contributed by atoms with van der Waals surface area (Å²) in [6.07, 6.45) is 1.43. The Morgan fingerprint density at radius 1 is 1.39 bits per heavy atom. The van der Waals surface area contributed by atoms with Crippen molar-refractivity contribution in [2.24, 2.45) is 0 Å². The van der Waals surface area contributed by atoms with Crippen molar-refractivity contribution in [2.75, 3.05) is 0 Å². The molecule has 0 unspecified atom stereocenters. The van der Waals surface area contributed by atoms with Gasteiger partial charge in [-0.25, -0.2) is 4.68 Å². The van der Waals surface area contributed by atoms with Gasteiger partial charge in [0.2, 0.25) is 0 Å². The lowest BCUT2D eigenvalue weighted by Crippen LogP contribution is -1.99. The maximum atomic E-state index is 10.6. The van der Waals surface area contributed by atoms with E-state index in [4.69, 9.17) is 28.3 Å². The topological polar surface area (TPSA) is 94.1 Å². The maximum absolute atomic E-state index is 10.6. The molecule has 0 saturated carbocycles. The van der Waals surface area contributed by atoms with Crippen molar-refractivity contribution in [1.29, 1.82) is 0 Å². The molecule has 0 bridgehead atoms. The van der Waals surface area contributed by atoms with E-state index in [0.717, 1.165) is 0 Å². The fourth-order valence-corrected chi connectivity index (χ4v) is 2.01. The van der Waals surface area contributed by atoms with Gasteiger partial charge in [-0.2, -0.15) is 0 Å². The van der Waals surface area contributed by atoms with Crippen molar-refractivity contribution >= 4 is 28.9 Å². The van der Waals surface area contributed by atoms with E-state index in [0.29, 0.717) is 5.69 Å². The van der Waals surface area contributed by atoms with Gasteiger partial charge in [0.25, 0.3) is 5.69 Å². The predicted octanol–water partition coefficient (Wildman–Crippen LogP) is 1.97. The zero-order valence-corrected chi connectivity index (χ0v) is 10.3. The van der Waals surface area contributed by atoms with Gasteiger partial charge in [0, 0.05) is 12.1 Å². The zero-order chi connectivity index (χ0) is 13.3. The monoisotopic (exact) mass is 288 g/mol. The zero-order valence-electron chi connectivity index (χ0n) is 8.75. The highest BCUT2D eigenvalue weighted by atomic mass is 35.5. The predicted molar refractivity (Wildman–Crippen MR) is 64.0 cm³/mol. The number of nitro benzene ring substituents is 1. The molecule has 9 heteroatoms. The molecule has 0 atom stereocenters. The van der Waals surface area contributed by atoms with Crippen LogP contribution in [0.2, 0.25) is 10.0 Å². The highest BCUT2D eigenvalue weighted by Crippen LogP contribution is 2.32. The number of halogens is 2. The lowest BCUT2D eigenvalue weighted by atomic mass is 10.3. The maximum Gasteiger partial charge on any atom is 0.272 e. The minimum atomic E-state index is -0.595. The molecule has 94 valence electrons. The van der Waals surface area contributed by atoms with Gasteiger partial charge in [0.1, 0.15) is 11.4 Å². The van der Waals surface area contributed by atoms with Gasteiger partial charge in [-0.15, -0.1) is 5.10 Å². The van der Waals surface area contributed by atoms with Crippen LogP contribution in [0.5, 0.6) is 0 Å². The van der Waals surface area contributed by atoms with Crippen molar-refractivity contribution < 1.29 is 10.0 Å². The van der Waals surface area contributed by atoms with Crippen molar-refractivity contribution in [3.63, 3.8) is 0 Å². The molecular formula is C9H6Cl2N4O3. The molecule has 0 aliphatic carbocycles. The van der Waals surface area contributed by atoms with Crippen LogP contribution in [0.25, 0.3) is 5.69 Å². The van der Waals surface area contributed by atoms with Gasteiger partial charge in [0.15, 0.2) is 0 Å². The van der Waals surface area contributed by atoms with Crippen LogP contribution >= 0.6 is 23.2 Å². The summed E-state index contributed by atoms with van der Waals surface area (Å²) < 4.78 is 1.25. The normalized spacial score (nSPS) is 10.6. The van der Waals surface area contributed by atoms with Crippen LogP contribution in [0, 0.1) is 10.1 Å². The summed E-state index contributed by atoms with van der Waals surface area (Å²) in [5.41, 5.74) is 0.396. The second-order valence-electron chi connectivity index (χ2n) is 3.33. The minimum Gasteiger partial charge on any atom is -0.390 e. The molecule has 2 aromatic rings. The summed E-state index contributed by atoms with van der Waals surface area (Å²) in [6, 6.07) is 2.34. The molecule has 0 amide bonds. The van der Waals surface area contributed by atoms with E-state index in [1.165, 1.54) is 23.0 Å². The first kappa shape index (κ1) is 12.7. The standard InChI is InChI=1S/C9H6Cl2N4O3/c10-7-1-6(15(17)18)2-8(11)9(7)14-3-5(4-16)12-13-14/h1-3,16H,4H2. The average molecular weight is 289 g/mol. The van der Waals surface area contributed by atoms with Gasteiger partial charge >= 0.3 is 0 Å². The van der Waals surface area contributed by atoms with Crippen LogP contribution in [-0.2, 0) is 6.61 Å². The SMILES string of the molecule is O=[N+]([O-])c1cc(Cl)c(-n2cc(CO)nn2)c(Cl)c1. The molecule has 1 aromatic heterocycles. The van der Waals surface area contributed by atoms with Crippen molar-refractivity contribution in [3.05, 3.63) is 44.2 Å². The van der Waals surface area contributed by atoms with Gasteiger partial charge < -0.3 is 5.11 Å². The summed E-state index contributed by atoms with van der Waals surface area (Å²) >= 11 is 11.9. The Labute approximate surface area is 111 Å². The van der Waals surface area contributed by atoms with E-state index in [1.807, 2.05) is 0 Å². The van der Waals surface area contributed by atoms with Crippen LogP contribution < -0.4 is 0 Å². The number of aliphatic hydroxyl groups is 1. The molecule has 1 heterocycles. The Morgan fingerprint density at radius 2 is 2.00 bits per heavy atom. The molecule has 0 aliphatic rings. The van der Waals surface area contributed by atoms with E-state index < -0.39 is 4.92 Å². The molecule has 0 fully saturated rings. The molecule has 18 heavy (non-hydrogen) atoms. The van der Waals surface area contributed by atoms with Crippen LogP contribution in [0.1, 0.15) is 5.69 Å². The molecule has 0 spiro atoms. The van der Waals surface area contributed by atoms with E-state index in [-0.39, 0.29) is 28.0 Å². The largest absolute Gasteiger partial charge is 0.390 e. The second-order valence-corrected chi connectivity index (χ2v) is 4.14. The van der Waals surface area contributed by atoms with Crippen molar-refractivity contribution in [2.45, 2.75) is 6.61 Å². The Balaban J connectivity index is 2.54. The number of benzene rings is 1. The van der Waals surface area contributed by atoms with Crippen LogP contribution in [0.4, 0.5) is 5.69 Å². The molecule has 7 nitrogen and oxygen atoms in total. The first-order valence-electron chi connectivity index (χ1n) is 4.69. The van der Waals surface area contributed by atoms with Crippen molar-refractivity contribution in [3.8, 4) is 5.69 Å². The highest BCUT2D eigenvalue weighted by Gasteiger charge is 2.17. The number of hydrogen-bond acceptors (Lipinski definition) is 5. The molecule has 2 rings (SSSR count). The van der Waals surface area contributed by atoms with E-state index in [9.17, 15) is 10.1 Å². The highest BCUT2D eigenvalue weighted by molar-refractivity contribution is 6.38. The average Bonchev–Trinajstić information content (AvgIpc) is 2.76. The van der Waals surface area contributed by atoms with E-state index in [2.05, 4.69) is 10.3 Å². The van der Waals surface area contributed by atoms with Crippen LogP contribution in [0.3, 0.4) is 0 Å². The van der Waals surface area contributed by atoms with Gasteiger partial charge in [0.05, 0.1) is 27.8 Å². The first-order valence-corrected chi connectivity index (χ1v) is 5.44. The van der Waals surface area contributed by atoms with E-state index >= 15 is 0 Å². The number of aliphatic hydroxyl groups excluding tert-OH is 1. The molecule has 1 N–H and O–H groups in total. The summed E-state index contributed by atoms with van der Waals surface area (Å²) in [5, 5.41) is 27.0. The molecular weight excluding hydrogens is 283 g/mol. The van der Waals surface area contributed by atoms with Crippen LogP contribution in [0.15, 0.2) is 18.3 Å². The number of non-ortho nitro benzene ring substituents is 1. The van der Waals surface area contributed by atoms with Crippen molar-refractivity contribution in [1.82, 2.24) is 15.0 Å². The fraction of sp³-hybridized carbons (Fsp3) is 0.111. The van der Waals surface area contributed by atoms with Crippen LogP contribution in [-0.4, -0.2) is 25.0 Å². The summed E-state index contributed by atoms with van der Waals surface area (Å²) in [4.78, 5) is 10.0. The first-order chi connectivity index (χ1) is 8.52.